The van der Waals surface area contributed by atoms with Gasteiger partial charge in [-0.3, -0.25) is 4.90 Å². The summed E-state index contributed by atoms with van der Waals surface area (Å²) in [7, 11) is -0.662. The molecular formula is C21H26ClFN4O3S. The third-order valence-electron chi connectivity index (χ3n) is 5.26. The van der Waals surface area contributed by atoms with Crippen LogP contribution in [0.25, 0.3) is 0 Å². The predicted octanol–water partition coefficient (Wildman–Crippen LogP) is 2.76. The van der Waals surface area contributed by atoms with E-state index in [0.717, 1.165) is 4.31 Å². The Labute approximate surface area is 187 Å². The number of sulfonamides is 1. The fraction of sp³-hybridized carbons (Fsp3) is 0.381. The molecule has 168 valence electrons. The molecule has 0 aliphatic carbocycles. The molecule has 7 nitrogen and oxygen atoms in total. The number of amides is 2. The molecule has 0 aromatic heterocycles. The number of urea groups is 1. The summed E-state index contributed by atoms with van der Waals surface area (Å²) in [5.41, 5.74) is 0.984. The van der Waals surface area contributed by atoms with Crippen LogP contribution >= 0.6 is 11.6 Å². The summed E-state index contributed by atoms with van der Waals surface area (Å²) in [4.78, 5) is 16.5. The first-order valence-corrected chi connectivity index (χ1v) is 11.7. The minimum Gasteiger partial charge on any atom is -0.334 e. The van der Waals surface area contributed by atoms with Crippen molar-refractivity contribution in [3.63, 3.8) is 0 Å². The number of halogens is 2. The molecule has 0 saturated carbocycles. The van der Waals surface area contributed by atoms with Gasteiger partial charge in [-0.1, -0.05) is 35.9 Å². The molecule has 0 atom stereocenters. The van der Waals surface area contributed by atoms with Crippen LogP contribution in [0, 0.1) is 5.82 Å². The zero-order valence-electron chi connectivity index (χ0n) is 17.5. The van der Waals surface area contributed by atoms with Crippen molar-refractivity contribution in [2.75, 3.05) is 40.3 Å². The summed E-state index contributed by atoms with van der Waals surface area (Å²) < 4.78 is 40.1. The molecule has 1 N–H and O–H groups in total. The minimum atomic E-state index is -3.60. The average Bonchev–Trinajstić information content (AvgIpc) is 2.75. The van der Waals surface area contributed by atoms with Crippen molar-refractivity contribution in [3.05, 3.63) is 64.4 Å². The first-order chi connectivity index (χ1) is 14.7. The number of hydrogen-bond donors (Lipinski definition) is 1. The van der Waals surface area contributed by atoms with Crippen LogP contribution in [0.3, 0.4) is 0 Å². The van der Waals surface area contributed by atoms with Crippen molar-refractivity contribution >= 4 is 27.7 Å². The summed E-state index contributed by atoms with van der Waals surface area (Å²) in [5.74, 6) is -0.334. The summed E-state index contributed by atoms with van der Waals surface area (Å²) >= 11 is 6.10. The lowest BCUT2D eigenvalue weighted by Crippen LogP contribution is -2.51. The molecule has 0 radical (unpaired) electrons. The van der Waals surface area contributed by atoms with Gasteiger partial charge in [0.2, 0.25) is 10.0 Å². The molecule has 1 saturated heterocycles. The molecule has 10 heteroatoms. The van der Waals surface area contributed by atoms with E-state index < -0.39 is 10.0 Å². The SMILES string of the molecule is CN(C)S(=O)(=O)c1ccccc1CNC(=O)N1CCN(Cc2c(F)cccc2Cl)CC1. The van der Waals surface area contributed by atoms with Crippen molar-refractivity contribution in [2.45, 2.75) is 18.0 Å². The average molecular weight is 469 g/mol. The van der Waals surface area contributed by atoms with Crippen molar-refractivity contribution in [1.29, 1.82) is 0 Å². The van der Waals surface area contributed by atoms with E-state index >= 15 is 0 Å². The lowest BCUT2D eigenvalue weighted by atomic mass is 10.2. The molecule has 1 fully saturated rings. The molecule has 0 bridgehead atoms. The quantitative estimate of drug-likeness (QED) is 0.707. The standard InChI is InChI=1S/C21H26ClFN4O3S/c1-25(2)31(29,30)20-9-4-3-6-16(20)14-24-21(28)27-12-10-26(11-13-27)15-17-18(22)7-5-8-19(17)23/h3-9H,10-15H2,1-2H3,(H,24,28). The highest BCUT2D eigenvalue weighted by atomic mass is 35.5. The molecule has 2 amide bonds. The Morgan fingerprint density at radius 2 is 1.77 bits per heavy atom. The van der Waals surface area contributed by atoms with Gasteiger partial charge in [0.25, 0.3) is 0 Å². The van der Waals surface area contributed by atoms with Crippen LogP contribution in [0.1, 0.15) is 11.1 Å². The van der Waals surface area contributed by atoms with Crippen LogP contribution < -0.4 is 5.32 Å². The molecule has 0 unspecified atom stereocenters. The van der Waals surface area contributed by atoms with E-state index in [1.54, 1.807) is 35.2 Å². The molecule has 31 heavy (non-hydrogen) atoms. The first-order valence-electron chi connectivity index (χ1n) is 9.88. The molecule has 2 aromatic rings. The Morgan fingerprint density at radius 1 is 1.10 bits per heavy atom. The fourth-order valence-electron chi connectivity index (χ4n) is 3.40. The molecule has 3 rings (SSSR count). The number of hydrogen-bond acceptors (Lipinski definition) is 4. The van der Waals surface area contributed by atoms with Crippen molar-refractivity contribution in [2.24, 2.45) is 0 Å². The van der Waals surface area contributed by atoms with Gasteiger partial charge in [-0.25, -0.2) is 21.9 Å². The zero-order valence-corrected chi connectivity index (χ0v) is 19.1. The van der Waals surface area contributed by atoms with Gasteiger partial charge in [-0.15, -0.1) is 0 Å². The predicted molar refractivity (Wildman–Crippen MR) is 118 cm³/mol. The number of carbonyl (C=O) groups is 1. The number of nitrogens with zero attached hydrogens (tertiary/aromatic N) is 3. The van der Waals surface area contributed by atoms with Gasteiger partial charge >= 0.3 is 6.03 Å². The van der Waals surface area contributed by atoms with Gasteiger partial charge in [-0.2, -0.15) is 0 Å². The van der Waals surface area contributed by atoms with Crippen molar-refractivity contribution < 1.29 is 17.6 Å². The van der Waals surface area contributed by atoms with Crippen LogP contribution in [0.15, 0.2) is 47.4 Å². The summed E-state index contributed by atoms with van der Waals surface area (Å²) in [6, 6.07) is 11.0. The maximum absolute atomic E-state index is 14.0. The topological polar surface area (TPSA) is 73.0 Å². The Balaban J connectivity index is 1.56. The van der Waals surface area contributed by atoms with Gasteiger partial charge in [0.15, 0.2) is 0 Å². The van der Waals surface area contributed by atoms with Crippen molar-refractivity contribution in [1.82, 2.24) is 19.4 Å². The largest absolute Gasteiger partial charge is 0.334 e. The third kappa shape index (κ3) is 5.54. The highest BCUT2D eigenvalue weighted by molar-refractivity contribution is 7.89. The second kappa shape index (κ2) is 9.95. The van der Waals surface area contributed by atoms with Gasteiger partial charge in [-0.05, 0) is 23.8 Å². The maximum Gasteiger partial charge on any atom is 0.317 e. The number of piperazine rings is 1. The maximum atomic E-state index is 14.0. The molecule has 1 aliphatic rings. The van der Waals surface area contributed by atoms with E-state index in [-0.39, 0.29) is 23.3 Å². The highest BCUT2D eigenvalue weighted by Gasteiger charge is 2.24. The molecular weight excluding hydrogens is 443 g/mol. The van der Waals surface area contributed by atoms with Gasteiger partial charge in [0, 0.05) is 63.9 Å². The first kappa shape index (κ1) is 23.5. The van der Waals surface area contributed by atoms with Gasteiger partial charge < -0.3 is 10.2 Å². The van der Waals surface area contributed by atoms with Crippen LogP contribution in [0.4, 0.5) is 9.18 Å². The van der Waals surface area contributed by atoms with E-state index in [1.165, 1.54) is 26.2 Å². The van der Waals surface area contributed by atoms with Crippen molar-refractivity contribution in [3.8, 4) is 0 Å². The monoisotopic (exact) mass is 468 g/mol. The van der Waals surface area contributed by atoms with E-state index in [9.17, 15) is 17.6 Å². The third-order valence-corrected chi connectivity index (χ3v) is 7.53. The molecule has 1 heterocycles. The van der Waals surface area contributed by atoms with Crippen LogP contribution in [-0.4, -0.2) is 68.8 Å². The molecule has 0 spiro atoms. The van der Waals surface area contributed by atoms with Crippen LogP contribution in [0.2, 0.25) is 5.02 Å². The number of carbonyl (C=O) groups excluding carboxylic acids is 1. The van der Waals surface area contributed by atoms with Gasteiger partial charge in [0.05, 0.1) is 4.90 Å². The lowest BCUT2D eigenvalue weighted by Gasteiger charge is -2.35. The van der Waals surface area contributed by atoms with E-state index in [1.807, 2.05) is 4.90 Å². The Kier molecular flexibility index (Phi) is 7.53. The molecule has 2 aromatic carbocycles. The van der Waals surface area contributed by atoms with Gasteiger partial charge in [0.1, 0.15) is 5.82 Å². The Bertz CT molecular complexity index is 1020. The number of nitrogens with one attached hydrogen (secondary N) is 1. The normalized spacial score (nSPS) is 15.3. The Hall–Kier alpha value is -2.20. The second-order valence-electron chi connectivity index (χ2n) is 7.52. The minimum absolute atomic E-state index is 0.104. The summed E-state index contributed by atoms with van der Waals surface area (Å²) in [6.07, 6.45) is 0. The summed E-state index contributed by atoms with van der Waals surface area (Å²) in [6.45, 7) is 2.63. The van der Waals surface area contributed by atoms with Crippen LogP contribution in [-0.2, 0) is 23.1 Å². The molecule has 1 aliphatic heterocycles. The van der Waals surface area contributed by atoms with E-state index in [4.69, 9.17) is 11.6 Å². The second-order valence-corrected chi connectivity index (χ2v) is 10.0. The van der Waals surface area contributed by atoms with Crippen LogP contribution in [0.5, 0.6) is 0 Å². The van der Waals surface area contributed by atoms with E-state index in [0.29, 0.717) is 48.9 Å². The van der Waals surface area contributed by atoms with E-state index in [2.05, 4.69) is 5.32 Å². The highest BCUT2D eigenvalue weighted by Crippen LogP contribution is 2.22. The smallest absolute Gasteiger partial charge is 0.317 e. The fourth-order valence-corrected chi connectivity index (χ4v) is 4.74. The Morgan fingerprint density at radius 3 is 2.42 bits per heavy atom. The lowest BCUT2D eigenvalue weighted by molar-refractivity contribution is 0.134. The number of benzene rings is 2. The summed E-state index contributed by atoms with van der Waals surface area (Å²) in [5, 5.41) is 3.20. The zero-order chi connectivity index (χ0) is 22.6. The number of rotatable bonds is 6.